The van der Waals surface area contributed by atoms with Crippen molar-refractivity contribution in [2.24, 2.45) is 0 Å². The summed E-state index contributed by atoms with van der Waals surface area (Å²) >= 11 is 0. The first-order valence-corrected chi connectivity index (χ1v) is 17.2. The number of benzene rings is 4. The molecule has 0 heterocycles. The minimum atomic E-state index is -1.04. The Morgan fingerprint density at radius 1 is 0.362 bits per heavy atom. The third-order valence-electron chi connectivity index (χ3n) is 8.70. The summed E-state index contributed by atoms with van der Waals surface area (Å²) < 4.78 is 32.7. The summed E-state index contributed by atoms with van der Waals surface area (Å²) in [7, 11) is 0. The highest BCUT2D eigenvalue weighted by atomic mass is 16.6. The Labute approximate surface area is 327 Å². The quantitative estimate of drug-likeness (QED) is 0.152. The molecule has 2 aliphatic carbocycles. The van der Waals surface area contributed by atoms with Crippen molar-refractivity contribution in [3.05, 3.63) is 92.0 Å². The maximum Gasteiger partial charge on any atom is 0.308 e. The Kier molecular flexibility index (Phi) is 10.2. The molecule has 0 bridgehead atoms. The zero-order valence-electron chi connectivity index (χ0n) is 32.0. The summed E-state index contributed by atoms with van der Waals surface area (Å²) in [6.45, 7) is 9.13. The van der Waals surface area contributed by atoms with E-state index in [9.17, 15) is 47.9 Å². The summed E-state index contributed by atoms with van der Waals surface area (Å²) in [4.78, 5) is 132. The van der Waals surface area contributed by atoms with E-state index in [0.29, 0.717) is 5.56 Å². The summed E-state index contributed by atoms with van der Waals surface area (Å²) in [6, 6.07) is 7.10. The fourth-order valence-corrected chi connectivity index (χ4v) is 6.91. The summed E-state index contributed by atoms with van der Waals surface area (Å²) in [5, 5.41) is 0. The van der Waals surface area contributed by atoms with Crippen LogP contribution in [0, 0.1) is 13.8 Å². The van der Waals surface area contributed by atoms with Gasteiger partial charge in [0.1, 0.15) is 23.0 Å². The lowest BCUT2D eigenvalue weighted by Crippen LogP contribution is -2.26. The Balaban J connectivity index is 1.76. The molecule has 0 saturated carbocycles. The van der Waals surface area contributed by atoms with E-state index >= 15 is 0 Å². The molecule has 0 unspecified atom stereocenters. The van der Waals surface area contributed by atoms with Crippen molar-refractivity contribution in [3.63, 3.8) is 0 Å². The average Bonchev–Trinajstić information content (AvgIpc) is 3.08. The van der Waals surface area contributed by atoms with E-state index in [4.69, 9.17) is 28.4 Å². The third-order valence-corrected chi connectivity index (χ3v) is 8.70. The zero-order chi connectivity index (χ0) is 42.7. The van der Waals surface area contributed by atoms with Crippen LogP contribution >= 0.6 is 0 Å². The third kappa shape index (κ3) is 7.02. The largest absolute Gasteiger partial charge is 0.427 e. The molecule has 294 valence electrons. The van der Waals surface area contributed by atoms with Gasteiger partial charge in [-0.1, -0.05) is 0 Å². The molecule has 16 nitrogen and oxygen atoms in total. The van der Waals surface area contributed by atoms with Gasteiger partial charge in [-0.25, -0.2) is 0 Å². The molecular weight excluding hydrogens is 760 g/mol. The molecule has 0 aromatic heterocycles. The number of rotatable bonds is 7. The lowest BCUT2D eigenvalue weighted by Gasteiger charge is -2.28. The van der Waals surface area contributed by atoms with Gasteiger partial charge in [-0.05, 0) is 55.3 Å². The molecule has 0 aliphatic heterocycles. The van der Waals surface area contributed by atoms with E-state index in [-0.39, 0.29) is 44.9 Å². The van der Waals surface area contributed by atoms with Gasteiger partial charge in [-0.3, -0.25) is 47.9 Å². The van der Waals surface area contributed by atoms with E-state index in [1.807, 2.05) is 0 Å². The van der Waals surface area contributed by atoms with E-state index in [2.05, 4.69) is 0 Å². The van der Waals surface area contributed by atoms with Crippen LogP contribution in [0.1, 0.15) is 116 Å². The molecule has 0 fully saturated rings. The van der Waals surface area contributed by atoms with Gasteiger partial charge in [0, 0.05) is 75.4 Å². The van der Waals surface area contributed by atoms with Crippen molar-refractivity contribution in [1.29, 1.82) is 0 Å². The summed E-state index contributed by atoms with van der Waals surface area (Å²) in [5.41, 5.74) is -3.52. The number of carbonyl (C=O) groups excluding carboxylic acids is 10. The Morgan fingerprint density at radius 2 is 0.741 bits per heavy atom. The van der Waals surface area contributed by atoms with Crippen LogP contribution < -0.4 is 28.4 Å². The number of esters is 6. The molecule has 4 aromatic rings. The van der Waals surface area contributed by atoms with E-state index in [0.717, 1.165) is 59.7 Å². The lowest BCUT2D eigenvalue weighted by atomic mass is 9.77. The van der Waals surface area contributed by atoms with Crippen molar-refractivity contribution >= 4 is 58.9 Å². The topological polar surface area (TPSA) is 226 Å². The maximum atomic E-state index is 14.7. The molecule has 6 rings (SSSR count). The number of ether oxygens (including phenoxy) is 6. The molecule has 2 aliphatic rings. The van der Waals surface area contributed by atoms with E-state index in [1.54, 1.807) is 6.92 Å². The number of aryl methyl sites for hydroxylation is 2. The van der Waals surface area contributed by atoms with Gasteiger partial charge in [0.2, 0.25) is 11.6 Å². The van der Waals surface area contributed by atoms with Crippen LogP contribution in [0.3, 0.4) is 0 Å². The second-order valence-corrected chi connectivity index (χ2v) is 13.2. The molecule has 0 saturated heterocycles. The monoisotopic (exact) mass is 790 g/mol. The SMILES string of the molecule is CC(=O)Oc1cc(OC(C)=O)c2c(c1)C(=O)c1cc(C)c(-c3c(OC(C)=O)cc4c(c3OC(C)=O)C(=O)c3c(OC(C)=O)cc(C)cc3C4=O)c(OC(C)=O)c1C2=O. The van der Waals surface area contributed by atoms with Gasteiger partial charge in [0.25, 0.3) is 0 Å². The van der Waals surface area contributed by atoms with Gasteiger partial charge < -0.3 is 28.4 Å². The number of ketones is 4. The van der Waals surface area contributed by atoms with Gasteiger partial charge in [-0.15, -0.1) is 0 Å². The van der Waals surface area contributed by atoms with Crippen LogP contribution in [0.2, 0.25) is 0 Å². The van der Waals surface area contributed by atoms with Crippen molar-refractivity contribution in [1.82, 2.24) is 0 Å². The van der Waals surface area contributed by atoms with Crippen LogP contribution in [0.5, 0.6) is 34.5 Å². The predicted octanol–water partition coefficient (Wildman–Crippen LogP) is 5.07. The molecule has 16 heteroatoms. The molecule has 0 N–H and O–H groups in total. The minimum absolute atomic E-state index is 0.0175. The smallest absolute Gasteiger partial charge is 0.308 e. The number of hydrogen-bond donors (Lipinski definition) is 0. The number of hydrogen-bond acceptors (Lipinski definition) is 16. The van der Waals surface area contributed by atoms with Crippen LogP contribution in [0.4, 0.5) is 0 Å². The van der Waals surface area contributed by atoms with Gasteiger partial charge >= 0.3 is 35.8 Å². The van der Waals surface area contributed by atoms with E-state index < -0.39 is 110 Å². The highest BCUT2D eigenvalue weighted by molar-refractivity contribution is 6.33. The second kappa shape index (κ2) is 14.8. The highest BCUT2D eigenvalue weighted by Gasteiger charge is 2.43. The predicted molar refractivity (Wildman–Crippen MR) is 196 cm³/mol. The molecule has 0 spiro atoms. The van der Waals surface area contributed by atoms with Crippen LogP contribution in [-0.4, -0.2) is 58.9 Å². The lowest BCUT2D eigenvalue weighted by molar-refractivity contribution is -0.133. The number of carbonyl (C=O) groups is 10. The molecule has 0 radical (unpaired) electrons. The van der Waals surface area contributed by atoms with Gasteiger partial charge in [-0.2, -0.15) is 0 Å². The molecule has 4 aromatic carbocycles. The average molecular weight is 791 g/mol. The zero-order valence-corrected chi connectivity index (χ0v) is 32.0. The van der Waals surface area contributed by atoms with Crippen LogP contribution in [-0.2, 0) is 28.8 Å². The Hall–Kier alpha value is -7.62. The van der Waals surface area contributed by atoms with Crippen LogP contribution in [0.15, 0.2) is 36.4 Å². The molecular formula is C42H30O16. The fraction of sp³-hybridized carbons (Fsp3) is 0.190. The van der Waals surface area contributed by atoms with Gasteiger partial charge in [0.15, 0.2) is 23.1 Å². The van der Waals surface area contributed by atoms with Crippen molar-refractivity contribution in [2.45, 2.75) is 55.4 Å². The first kappa shape index (κ1) is 40.1. The second-order valence-electron chi connectivity index (χ2n) is 13.2. The Morgan fingerprint density at radius 3 is 1.21 bits per heavy atom. The number of fused-ring (bicyclic) bond motifs is 4. The van der Waals surface area contributed by atoms with Crippen LogP contribution in [0.25, 0.3) is 11.1 Å². The maximum absolute atomic E-state index is 14.7. The molecule has 0 atom stereocenters. The standard InChI is InChI=1S/C42H30O16/c1-15-9-24-32(28(10-15)54-18(4)44)39(51)35-27(37(24)49)14-30(56-20(6)46)36(42(35)58-22(8)48)31-16(2)11-25-34(41(31)57-21(7)47)40(52)33-26(38(25)50)12-23(53-17(3)43)13-29(33)55-19(5)45/h9-14H,1-8H3. The van der Waals surface area contributed by atoms with Crippen molar-refractivity contribution in [2.75, 3.05) is 0 Å². The van der Waals surface area contributed by atoms with E-state index in [1.165, 1.54) is 25.1 Å². The first-order valence-electron chi connectivity index (χ1n) is 17.2. The molecule has 0 amide bonds. The highest BCUT2D eigenvalue weighted by Crippen LogP contribution is 2.53. The van der Waals surface area contributed by atoms with Crippen molar-refractivity contribution in [3.8, 4) is 45.6 Å². The first-order chi connectivity index (χ1) is 27.2. The summed E-state index contributed by atoms with van der Waals surface area (Å²) in [6.07, 6.45) is 0. The Bertz CT molecular complexity index is 2680. The van der Waals surface area contributed by atoms with Crippen molar-refractivity contribution < 1.29 is 76.4 Å². The fourth-order valence-electron chi connectivity index (χ4n) is 6.91. The van der Waals surface area contributed by atoms with Gasteiger partial charge in [0.05, 0.1) is 27.8 Å². The summed E-state index contributed by atoms with van der Waals surface area (Å²) in [5.74, 6) is -12.1. The minimum Gasteiger partial charge on any atom is -0.427 e. The molecule has 58 heavy (non-hydrogen) atoms. The normalized spacial score (nSPS) is 12.3.